The normalized spacial score (nSPS) is 11.2. The number of hydrogen-bond donors (Lipinski definition) is 10. The van der Waals surface area contributed by atoms with Gasteiger partial charge in [-0.1, -0.05) is 175 Å². The Morgan fingerprint density at radius 2 is 0.728 bits per heavy atom. The van der Waals surface area contributed by atoms with Crippen LogP contribution < -0.4 is 31.1 Å². The molecule has 147 heavy (non-hydrogen) atoms. The van der Waals surface area contributed by atoms with Crippen LogP contribution in [-0.2, 0) is 25.5 Å². The van der Waals surface area contributed by atoms with E-state index in [-0.39, 0.29) is 89.8 Å². The van der Waals surface area contributed by atoms with Crippen molar-refractivity contribution in [1.82, 2.24) is 9.47 Å². The van der Waals surface area contributed by atoms with E-state index >= 15 is 0 Å². The summed E-state index contributed by atoms with van der Waals surface area (Å²) in [6, 6.07) is 102. The summed E-state index contributed by atoms with van der Waals surface area (Å²) in [6.45, 7) is 5.99. The van der Waals surface area contributed by atoms with Gasteiger partial charge in [-0.05, 0) is 229 Å². The molecule has 37 heteroatoms. The highest BCUT2D eigenvalue weighted by molar-refractivity contribution is 7.85. The van der Waals surface area contributed by atoms with Crippen LogP contribution in [0.1, 0.15) is 74.2 Å². The maximum Gasteiger partial charge on any atom is 0.425 e. The summed E-state index contributed by atoms with van der Waals surface area (Å²) < 4.78 is 56.8. The third-order valence-corrected chi connectivity index (χ3v) is 23.4. The second kappa shape index (κ2) is 47.3. The zero-order valence-corrected chi connectivity index (χ0v) is 80.8. The molecule has 0 aliphatic rings. The van der Waals surface area contributed by atoms with Crippen LogP contribution in [-0.4, -0.2) is 106 Å². The van der Waals surface area contributed by atoms with Crippen LogP contribution in [0, 0.1) is 30.9 Å². The number of phenols is 4. The average molecular weight is 2020 g/mol. The number of nitro groups is 1. The number of quaternary nitrogens is 1. The van der Waals surface area contributed by atoms with E-state index in [0.717, 1.165) is 63.9 Å². The van der Waals surface area contributed by atoms with E-state index in [1.807, 2.05) is 136 Å². The van der Waals surface area contributed by atoms with Crippen LogP contribution in [0.2, 0.25) is 5.02 Å². The predicted octanol–water partition coefficient (Wildman–Crippen LogP) is 26.7. The second-order valence-electron chi connectivity index (χ2n) is 33.0. The molecular formula is C110H86ClN16O18S2+. The molecule has 18 rings (SSSR count). The molecule has 5 amide bonds. The fourth-order valence-corrected chi connectivity index (χ4v) is 15.3. The standard InChI is InChI=1S/C33H27N5O4.C31H25N5O4.C24H18ClN3O2.C22H15N3O5S.O3S/c1-38(2,21-39)27-18-16-25(17-19-27)35-33(42)29-20-23-8-6-7-11-28(23)30(31(29)40)37-36-26-14-12-22(13-15-26)32(41)34-24-9-4-3-5-10-24;1-19-15-20(2)17-25(16-19)32-22-7-9-23(10-8-22)33-31(38)28-18-21-5-3-4-6-27(21)29(30(28)37)35-34-24-11-13-26(14-12-24)36(39)40;1-15-11-12-18(14-21(15)25)27-28-22-19-10-6-5-7-16(19)13-20(23(22)29)24(30)26-17-8-3-2-4-9-17;26-21(19-11-10-16(13-23-19)31(28,29)30)18-12-14-6-4-5-9-17(14)20(22(18)27)25-24-15-7-2-1-3-8-15;1-4(2)3/h3-21H,1-2H3,(H2-,34,35,36,40,41,42);3-18,32,37H,1-2H3,(H,33,38);2-14,29H,1H3,(H,26,30);1-13,27H,(H,28,29,30);/p+1. The van der Waals surface area contributed by atoms with Crippen LogP contribution in [0.25, 0.3) is 43.1 Å². The predicted molar refractivity (Wildman–Crippen MR) is 565 cm³/mol. The number of carbonyl (C=O) groups excluding carboxylic acids is 6. The molecule has 0 radical (unpaired) electrons. The number of non-ortho nitro benzene ring substituents is 1. The van der Waals surface area contributed by atoms with Gasteiger partial charge < -0.3 is 47.0 Å². The maximum absolute atomic E-state index is 13.2. The minimum Gasteiger partial charge on any atom is -0.505 e. The molecule has 732 valence electrons. The third-order valence-electron chi connectivity index (χ3n) is 22.2. The Hall–Kier alpha value is -19.3. The van der Waals surface area contributed by atoms with Gasteiger partial charge in [-0.3, -0.25) is 43.6 Å². The SMILES string of the molecule is C[N+](C)(C=O)c1ccc(NC(=O)c2cc3ccccc3c(N=Nc3ccc(C(=O)Nc4ccccc4)cc3)c2O)cc1.Cc1cc(C)cc(Nc2ccc(NC(=O)c3cc4ccccc4c(N=Nc4ccc([N+](=O)[O-])cc4)c3O)cc2)c1.Cc1ccc(N=Nc2c(O)c(C(=O)Nc3ccccc3)cc3ccccc23)cc1Cl.O=C(c1ccc(S(=O)(=O)O)cn1)c1cc2ccccc2c(N=Nc2ccccc2)c1O.O=S(=O)=O. The highest BCUT2D eigenvalue weighted by Gasteiger charge is 2.27. The van der Waals surface area contributed by atoms with Crippen molar-refractivity contribution in [2.45, 2.75) is 25.7 Å². The Kier molecular flexibility index (Phi) is 33.4. The number of nitrogens with one attached hydrogen (secondary N) is 5. The first-order valence-corrected chi connectivity index (χ1v) is 47.2. The number of nitrogens with zero attached hydrogens (tertiary/aromatic N) is 11. The van der Waals surface area contributed by atoms with Crippen molar-refractivity contribution in [3.8, 4) is 23.0 Å². The monoisotopic (exact) mass is 2020 g/mol. The summed E-state index contributed by atoms with van der Waals surface area (Å²) >= 11 is 6.16. The van der Waals surface area contributed by atoms with Gasteiger partial charge in [0.2, 0.25) is 5.78 Å². The topological polar surface area (TPSA) is 504 Å². The summed E-state index contributed by atoms with van der Waals surface area (Å²) in [5.74, 6) is -3.61. The van der Waals surface area contributed by atoms with Gasteiger partial charge >= 0.3 is 17.0 Å². The van der Waals surface area contributed by atoms with E-state index in [2.05, 4.69) is 90.7 Å². The average Bonchev–Trinajstić information content (AvgIpc) is 0.784. The first-order chi connectivity index (χ1) is 70.6. The number of carbonyl (C=O) groups is 6. The van der Waals surface area contributed by atoms with Crippen LogP contribution in [0.3, 0.4) is 0 Å². The third kappa shape index (κ3) is 26.9. The van der Waals surface area contributed by atoms with Crippen molar-refractivity contribution in [2.24, 2.45) is 40.9 Å². The van der Waals surface area contributed by atoms with Crippen LogP contribution in [0.4, 0.5) is 91.0 Å². The highest BCUT2D eigenvalue weighted by atomic mass is 35.5. The zero-order chi connectivity index (χ0) is 105. The van der Waals surface area contributed by atoms with Gasteiger partial charge in [-0.25, -0.2) is 9.28 Å². The number of azo groups is 4. The van der Waals surface area contributed by atoms with Crippen molar-refractivity contribution in [2.75, 3.05) is 40.7 Å². The Labute approximate surface area is 845 Å². The molecule has 0 spiro atoms. The number of para-hydroxylation sites is 2. The van der Waals surface area contributed by atoms with Crippen molar-refractivity contribution < 1.29 is 79.7 Å². The zero-order valence-electron chi connectivity index (χ0n) is 78.4. The number of aromatic nitrogens is 1. The number of pyridine rings is 1. The molecule has 0 fully saturated rings. The van der Waals surface area contributed by atoms with Gasteiger partial charge in [0.25, 0.3) is 39.4 Å². The number of benzene rings is 17. The lowest BCUT2D eigenvalue weighted by Crippen LogP contribution is -2.38. The first kappa shape index (κ1) is 104. The van der Waals surface area contributed by atoms with Gasteiger partial charge in [-0.2, -0.15) is 28.9 Å². The fraction of sp³-hybridized carbons (Fsp3) is 0.0455. The molecule has 0 aliphatic carbocycles. The van der Waals surface area contributed by atoms with Crippen molar-refractivity contribution in [1.29, 1.82) is 0 Å². The highest BCUT2D eigenvalue weighted by Crippen LogP contribution is 2.46. The molecule has 34 nitrogen and oxygen atoms in total. The molecule has 0 bridgehead atoms. The summed E-state index contributed by atoms with van der Waals surface area (Å²) in [7, 11) is -4.05. The summed E-state index contributed by atoms with van der Waals surface area (Å²) in [6.07, 6.45) is 1.69. The lowest BCUT2D eigenvalue weighted by atomic mass is 9.99. The molecule has 1 heterocycles. The smallest absolute Gasteiger partial charge is 0.425 e. The number of anilines is 6. The minimum absolute atomic E-state index is 0.0312. The summed E-state index contributed by atoms with van der Waals surface area (Å²) in [5, 5.41) is 109. The number of halogens is 1. The number of ketones is 1. The fourth-order valence-electron chi connectivity index (χ4n) is 14.7. The Balaban J connectivity index is 0.000000154. The second-order valence-corrected chi connectivity index (χ2v) is 35.2. The Morgan fingerprint density at radius 1 is 0.388 bits per heavy atom. The van der Waals surface area contributed by atoms with Crippen molar-refractivity contribution in [3.05, 3.63) is 429 Å². The summed E-state index contributed by atoms with van der Waals surface area (Å²) in [5.41, 5.74) is 11.2. The molecule has 0 atom stereocenters. The minimum atomic E-state index is -4.44. The maximum atomic E-state index is 13.2. The van der Waals surface area contributed by atoms with E-state index in [4.69, 9.17) is 28.8 Å². The Bertz CT molecular complexity index is 8420. The number of amides is 5. The molecule has 18 aromatic rings. The van der Waals surface area contributed by atoms with Gasteiger partial charge in [0.05, 0.1) is 64.0 Å². The molecule has 10 N–H and O–H groups in total. The van der Waals surface area contributed by atoms with Gasteiger partial charge in [0.1, 0.15) is 39.0 Å². The first-order valence-electron chi connectivity index (χ1n) is 44.4. The largest absolute Gasteiger partial charge is 0.505 e. The van der Waals surface area contributed by atoms with Crippen molar-refractivity contribution in [3.63, 3.8) is 0 Å². The van der Waals surface area contributed by atoms with E-state index in [9.17, 15) is 67.7 Å². The molecule has 0 saturated carbocycles. The number of hydrogen-bond acceptors (Lipinski definition) is 27. The molecule has 1 aromatic heterocycles. The van der Waals surface area contributed by atoms with Gasteiger partial charge in [0, 0.05) is 96.7 Å². The molecule has 0 saturated heterocycles. The lowest BCUT2D eigenvalue weighted by molar-refractivity contribution is -0.384. The number of phenolic OH excluding ortho intramolecular Hbond substituents is 4. The molecule has 0 aliphatic heterocycles. The number of fused-ring (bicyclic) bond motifs is 4. The van der Waals surface area contributed by atoms with Crippen LogP contribution in [0.15, 0.2) is 410 Å². The molecular weight excluding hydrogens is 1930 g/mol. The van der Waals surface area contributed by atoms with E-state index in [0.29, 0.717) is 93.8 Å². The Morgan fingerprint density at radius 3 is 1.12 bits per heavy atom. The number of aromatic hydroxyl groups is 4. The van der Waals surface area contributed by atoms with E-state index in [1.165, 1.54) is 30.3 Å². The van der Waals surface area contributed by atoms with Gasteiger partial charge in [-0.15, -0.1) is 33.1 Å². The lowest BCUT2D eigenvalue weighted by Gasteiger charge is -2.20. The number of aryl methyl sites for hydroxylation is 3. The number of rotatable bonds is 24. The molecule has 0 unspecified atom stereocenters. The van der Waals surface area contributed by atoms with E-state index < -0.39 is 54.1 Å². The van der Waals surface area contributed by atoms with Gasteiger partial charge in [0.15, 0.2) is 23.0 Å². The van der Waals surface area contributed by atoms with Crippen LogP contribution in [0.5, 0.6) is 23.0 Å². The van der Waals surface area contributed by atoms with Crippen molar-refractivity contribution >= 4 is 202 Å². The number of nitro benzene ring substituents is 1. The summed E-state index contributed by atoms with van der Waals surface area (Å²) in [4.78, 5) is 90.0. The quantitative estimate of drug-likeness (QED) is 0.00511. The molecule has 17 aromatic carbocycles. The van der Waals surface area contributed by atoms with E-state index in [1.54, 1.807) is 196 Å². The van der Waals surface area contributed by atoms with Crippen LogP contribution >= 0.6 is 11.6 Å².